The lowest BCUT2D eigenvalue weighted by molar-refractivity contribution is 0.0948. The fraction of sp³-hybridized carbons (Fsp3) is 0.250. The minimum absolute atomic E-state index is 0.0466. The number of nitrogens with two attached hydrogens (primary N) is 1. The van der Waals surface area contributed by atoms with Crippen LogP contribution in [0.5, 0.6) is 0 Å². The van der Waals surface area contributed by atoms with Crippen molar-refractivity contribution in [2.75, 3.05) is 5.73 Å². The second kappa shape index (κ2) is 7.54. The Kier molecular flexibility index (Phi) is 5.17. The normalized spacial score (nSPS) is 11.8. The van der Waals surface area contributed by atoms with Gasteiger partial charge in [0.25, 0.3) is 5.91 Å². The van der Waals surface area contributed by atoms with Gasteiger partial charge in [-0.2, -0.15) is 9.78 Å². The molecule has 1 aromatic carbocycles. The number of hydrogen-bond donors (Lipinski definition) is 2. The first kappa shape index (κ1) is 18.5. The average molecular weight is 389 g/mol. The third kappa shape index (κ3) is 3.80. The molecule has 2 heterocycles. The fourth-order valence-corrected chi connectivity index (χ4v) is 2.53. The largest absolute Gasteiger partial charge is 0.378 e. The predicted molar refractivity (Wildman–Crippen MR) is 98.8 cm³/mol. The van der Waals surface area contributed by atoms with E-state index in [-0.39, 0.29) is 23.2 Å². The number of benzene rings is 1. The number of aromatic nitrogens is 5. The number of nitrogens with zero attached hydrogens (tertiary/aromatic N) is 6. The summed E-state index contributed by atoms with van der Waals surface area (Å²) in [7, 11) is 0. The molecule has 140 valence electrons. The van der Waals surface area contributed by atoms with Crippen molar-refractivity contribution < 1.29 is 9.42 Å². The van der Waals surface area contributed by atoms with Crippen LogP contribution in [0.1, 0.15) is 48.4 Å². The molecule has 0 spiro atoms. The van der Waals surface area contributed by atoms with Crippen molar-refractivity contribution in [2.24, 2.45) is 5.10 Å². The molecule has 1 amide bonds. The molecular formula is C16H17ClN8O2. The number of hydrogen-bond acceptors (Lipinski definition) is 8. The molecule has 0 saturated carbocycles. The van der Waals surface area contributed by atoms with Crippen molar-refractivity contribution in [1.29, 1.82) is 0 Å². The molecule has 0 aliphatic heterocycles. The third-order valence-corrected chi connectivity index (χ3v) is 4.00. The van der Waals surface area contributed by atoms with E-state index < -0.39 is 5.91 Å². The first-order chi connectivity index (χ1) is 12.9. The first-order valence-corrected chi connectivity index (χ1v) is 8.40. The Balaban J connectivity index is 1.87. The molecule has 10 nitrogen and oxygen atoms in total. The SMILES string of the molecule is C/C(=N\NC(=O)c1nnn(-c2nonc2N)c1C(C)C)c1ccc(Cl)cc1. The number of halogens is 1. The van der Waals surface area contributed by atoms with E-state index in [1.807, 2.05) is 26.0 Å². The van der Waals surface area contributed by atoms with Gasteiger partial charge in [0.1, 0.15) is 0 Å². The van der Waals surface area contributed by atoms with Crippen molar-refractivity contribution in [1.82, 2.24) is 30.7 Å². The maximum atomic E-state index is 12.6. The molecule has 0 radical (unpaired) electrons. The van der Waals surface area contributed by atoms with Crippen LogP contribution >= 0.6 is 11.6 Å². The Morgan fingerprint density at radius 3 is 2.59 bits per heavy atom. The van der Waals surface area contributed by atoms with Gasteiger partial charge in [-0.3, -0.25) is 4.79 Å². The number of nitrogen functional groups attached to an aromatic ring is 1. The predicted octanol–water partition coefficient (Wildman–Crippen LogP) is 2.16. The maximum absolute atomic E-state index is 12.6. The van der Waals surface area contributed by atoms with E-state index in [9.17, 15) is 4.79 Å². The number of carbonyl (C=O) groups is 1. The highest BCUT2D eigenvalue weighted by Crippen LogP contribution is 2.22. The van der Waals surface area contributed by atoms with Crippen LogP contribution in [0.25, 0.3) is 5.82 Å². The lowest BCUT2D eigenvalue weighted by atomic mass is 10.1. The van der Waals surface area contributed by atoms with E-state index in [0.717, 1.165) is 5.56 Å². The minimum atomic E-state index is -0.506. The lowest BCUT2D eigenvalue weighted by Gasteiger charge is -2.08. The van der Waals surface area contributed by atoms with Crippen LogP contribution < -0.4 is 11.2 Å². The molecule has 11 heteroatoms. The number of anilines is 1. The Labute approximate surface area is 159 Å². The van der Waals surface area contributed by atoms with Gasteiger partial charge >= 0.3 is 0 Å². The topological polar surface area (TPSA) is 137 Å². The van der Waals surface area contributed by atoms with E-state index in [4.69, 9.17) is 17.3 Å². The molecule has 0 bridgehead atoms. The molecule has 0 fully saturated rings. The van der Waals surface area contributed by atoms with Crippen LogP contribution in [0.3, 0.4) is 0 Å². The standard InChI is InChI=1S/C16H17ClN8O2/c1-8(2)13-12(20-24-25(13)15-14(18)22-27-23-15)16(26)21-19-9(3)10-4-6-11(17)7-5-10/h4-8H,1-3H3,(H2,18,22)(H,21,26)/b19-9+. The number of amides is 1. The molecule has 0 unspecified atom stereocenters. The maximum Gasteiger partial charge on any atom is 0.293 e. The summed E-state index contributed by atoms with van der Waals surface area (Å²) in [6.07, 6.45) is 0. The van der Waals surface area contributed by atoms with Crippen LogP contribution in [-0.2, 0) is 0 Å². The summed E-state index contributed by atoms with van der Waals surface area (Å²) in [4.78, 5) is 12.6. The highest BCUT2D eigenvalue weighted by atomic mass is 35.5. The van der Waals surface area contributed by atoms with Crippen LogP contribution in [0.2, 0.25) is 5.02 Å². The number of carbonyl (C=O) groups excluding carboxylic acids is 1. The zero-order chi connectivity index (χ0) is 19.6. The molecule has 3 N–H and O–H groups in total. The third-order valence-electron chi connectivity index (χ3n) is 3.75. The summed E-state index contributed by atoms with van der Waals surface area (Å²) < 4.78 is 5.93. The van der Waals surface area contributed by atoms with Crippen molar-refractivity contribution in [3.05, 3.63) is 46.2 Å². The molecular weight excluding hydrogens is 372 g/mol. The van der Waals surface area contributed by atoms with Crippen LogP contribution in [0, 0.1) is 0 Å². The van der Waals surface area contributed by atoms with E-state index in [2.05, 4.69) is 35.8 Å². The Morgan fingerprint density at radius 2 is 2.00 bits per heavy atom. The number of hydrazone groups is 1. The van der Waals surface area contributed by atoms with Gasteiger partial charge in [0.05, 0.1) is 11.4 Å². The van der Waals surface area contributed by atoms with E-state index in [1.54, 1.807) is 19.1 Å². The van der Waals surface area contributed by atoms with E-state index >= 15 is 0 Å². The molecule has 2 aromatic heterocycles. The van der Waals surface area contributed by atoms with Crippen molar-refractivity contribution >= 4 is 29.0 Å². The van der Waals surface area contributed by atoms with Gasteiger partial charge in [-0.05, 0) is 40.9 Å². The summed E-state index contributed by atoms with van der Waals surface area (Å²) in [5.74, 6) is -0.386. The molecule has 0 aliphatic rings. The summed E-state index contributed by atoms with van der Waals surface area (Å²) in [5.41, 5.74) is 10.3. The van der Waals surface area contributed by atoms with Crippen molar-refractivity contribution in [3.8, 4) is 5.82 Å². The zero-order valence-electron chi connectivity index (χ0n) is 14.8. The van der Waals surface area contributed by atoms with Gasteiger partial charge < -0.3 is 5.73 Å². The van der Waals surface area contributed by atoms with Gasteiger partial charge in [0.15, 0.2) is 5.69 Å². The van der Waals surface area contributed by atoms with Gasteiger partial charge in [-0.1, -0.05) is 42.8 Å². The molecule has 3 rings (SSSR count). The summed E-state index contributed by atoms with van der Waals surface area (Å²) in [5, 5.41) is 19.9. The van der Waals surface area contributed by atoms with Crippen molar-refractivity contribution in [3.63, 3.8) is 0 Å². The zero-order valence-corrected chi connectivity index (χ0v) is 15.6. The van der Waals surface area contributed by atoms with E-state index in [0.29, 0.717) is 16.4 Å². The van der Waals surface area contributed by atoms with Gasteiger partial charge in [0, 0.05) is 5.02 Å². The second-order valence-electron chi connectivity index (χ2n) is 6.01. The minimum Gasteiger partial charge on any atom is -0.378 e. The second-order valence-corrected chi connectivity index (χ2v) is 6.44. The summed E-state index contributed by atoms with van der Waals surface area (Å²) in [6.45, 7) is 5.54. The average Bonchev–Trinajstić information content (AvgIpc) is 3.25. The van der Waals surface area contributed by atoms with Crippen LogP contribution in [0.15, 0.2) is 34.0 Å². The molecule has 3 aromatic rings. The van der Waals surface area contributed by atoms with Gasteiger partial charge in [-0.15, -0.1) is 5.10 Å². The smallest absolute Gasteiger partial charge is 0.293 e. The Morgan fingerprint density at radius 1 is 1.30 bits per heavy atom. The summed E-state index contributed by atoms with van der Waals surface area (Å²) >= 11 is 5.87. The monoisotopic (exact) mass is 388 g/mol. The summed E-state index contributed by atoms with van der Waals surface area (Å²) in [6, 6.07) is 7.11. The number of nitrogens with one attached hydrogen (secondary N) is 1. The van der Waals surface area contributed by atoms with Crippen molar-refractivity contribution in [2.45, 2.75) is 26.7 Å². The lowest BCUT2D eigenvalue weighted by Crippen LogP contribution is -2.22. The highest BCUT2D eigenvalue weighted by molar-refractivity contribution is 6.30. The van der Waals surface area contributed by atoms with Crippen LogP contribution in [-0.4, -0.2) is 36.9 Å². The molecule has 0 saturated heterocycles. The van der Waals surface area contributed by atoms with Crippen LogP contribution in [0.4, 0.5) is 5.82 Å². The number of rotatable bonds is 5. The molecule has 0 aliphatic carbocycles. The first-order valence-electron chi connectivity index (χ1n) is 8.03. The van der Waals surface area contributed by atoms with Gasteiger partial charge in [-0.25, -0.2) is 10.1 Å². The van der Waals surface area contributed by atoms with E-state index in [1.165, 1.54) is 4.68 Å². The quantitative estimate of drug-likeness (QED) is 0.504. The Hall–Kier alpha value is -3.27. The molecule has 0 atom stereocenters. The fourth-order valence-electron chi connectivity index (χ4n) is 2.41. The van der Waals surface area contributed by atoms with Gasteiger partial charge in [0.2, 0.25) is 11.6 Å². The highest BCUT2D eigenvalue weighted by Gasteiger charge is 2.25. The Bertz CT molecular complexity index is 990. The molecule has 27 heavy (non-hydrogen) atoms.